The summed E-state index contributed by atoms with van der Waals surface area (Å²) in [6.07, 6.45) is 1.85. The highest BCUT2D eigenvalue weighted by molar-refractivity contribution is 5.81. The lowest BCUT2D eigenvalue weighted by atomic mass is 10.1. The zero-order chi connectivity index (χ0) is 16.8. The first kappa shape index (κ1) is 16.4. The van der Waals surface area contributed by atoms with E-state index in [1.165, 1.54) is 16.5 Å². The van der Waals surface area contributed by atoms with E-state index >= 15 is 0 Å². The molecule has 0 aliphatic carbocycles. The van der Waals surface area contributed by atoms with E-state index in [0.29, 0.717) is 13.2 Å². The summed E-state index contributed by atoms with van der Waals surface area (Å²) in [7, 11) is 2.12. The molecule has 3 aromatic rings. The third-order valence-corrected chi connectivity index (χ3v) is 3.89. The molecule has 4 nitrogen and oxygen atoms in total. The SMILES string of the molecule is CN(Cc1cccc(OCCN)c1)Cc1cccc2cccnc12. The summed E-state index contributed by atoms with van der Waals surface area (Å²) in [6.45, 7) is 2.77. The summed E-state index contributed by atoms with van der Waals surface area (Å²) in [6, 6.07) is 18.6. The highest BCUT2D eigenvalue weighted by atomic mass is 16.5. The molecule has 24 heavy (non-hydrogen) atoms. The quantitative estimate of drug-likeness (QED) is 0.726. The second-order valence-corrected chi connectivity index (χ2v) is 5.95. The maximum atomic E-state index is 5.60. The standard InChI is InChI=1S/C20H23N3O/c1-23(14-16-5-2-9-19(13-16)24-12-10-21)15-18-7-3-6-17-8-4-11-22-20(17)18/h2-9,11,13H,10,12,14-15,21H2,1H3. The van der Waals surface area contributed by atoms with Crippen LogP contribution in [0.1, 0.15) is 11.1 Å². The van der Waals surface area contributed by atoms with Crippen molar-refractivity contribution in [3.05, 3.63) is 71.9 Å². The molecule has 0 aliphatic rings. The summed E-state index contributed by atoms with van der Waals surface area (Å²) < 4.78 is 5.60. The predicted octanol–water partition coefficient (Wildman–Crippen LogP) is 3.20. The third kappa shape index (κ3) is 4.10. The van der Waals surface area contributed by atoms with Crippen LogP contribution in [0.25, 0.3) is 10.9 Å². The van der Waals surface area contributed by atoms with Gasteiger partial charge in [-0.05, 0) is 36.4 Å². The van der Waals surface area contributed by atoms with Gasteiger partial charge in [-0.3, -0.25) is 9.88 Å². The summed E-state index contributed by atoms with van der Waals surface area (Å²) in [4.78, 5) is 6.81. The number of hydrogen-bond donors (Lipinski definition) is 1. The monoisotopic (exact) mass is 321 g/mol. The van der Waals surface area contributed by atoms with Crippen LogP contribution in [0, 0.1) is 0 Å². The zero-order valence-corrected chi connectivity index (χ0v) is 14.0. The molecule has 1 aromatic heterocycles. The van der Waals surface area contributed by atoms with E-state index in [4.69, 9.17) is 10.5 Å². The van der Waals surface area contributed by atoms with Gasteiger partial charge in [-0.1, -0.05) is 36.4 Å². The van der Waals surface area contributed by atoms with Crippen molar-refractivity contribution in [2.24, 2.45) is 5.73 Å². The van der Waals surface area contributed by atoms with Crippen molar-refractivity contribution in [2.75, 3.05) is 20.2 Å². The first-order chi connectivity index (χ1) is 11.8. The average Bonchev–Trinajstić information content (AvgIpc) is 2.60. The normalized spacial score (nSPS) is 11.1. The minimum Gasteiger partial charge on any atom is -0.492 e. The fourth-order valence-corrected chi connectivity index (χ4v) is 2.86. The molecule has 0 unspecified atom stereocenters. The molecule has 2 aromatic carbocycles. The summed E-state index contributed by atoms with van der Waals surface area (Å²) >= 11 is 0. The lowest BCUT2D eigenvalue weighted by Gasteiger charge is -2.18. The Bertz CT molecular complexity index is 798. The molecule has 0 bridgehead atoms. The maximum Gasteiger partial charge on any atom is 0.119 e. The lowest BCUT2D eigenvalue weighted by Crippen LogP contribution is -2.17. The van der Waals surface area contributed by atoms with Crippen molar-refractivity contribution in [3.8, 4) is 5.75 Å². The van der Waals surface area contributed by atoms with Gasteiger partial charge in [0.15, 0.2) is 0 Å². The summed E-state index contributed by atoms with van der Waals surface area (Å²) in [5.41, 5.74) is 9.03. The molecule has 0 spiro atoms. The zero-order valence-electron chi connectivity index (χ0n) is 14.0. The van der Waals surface area contributed by atoms with Gasteiger partial charge in [0.2, 0.25) is 0 Å². The van der Waals surface area contributed by atoms with Crippen LogP contribution in [0.5, 0.6) is 5.75 Å². The highest BCUT2D eigenvalue weighted by Crippen LogP contribution is 2.19. The van der Waals surface area contributed by atoms with E-state index in [1.54, 1.807) is 0 Å². The molecule has 0 aliphatic heterocycles. The van der Waals surface area contributed by atoms with Gasteiger partial charge in [0.1, 0.15) is 12.4 Å². The van der Waals surface area contributed by atoms with Gasteiger partial charge in [0.25, 0.3) is 0 Å². The van der Waals surface area contributed by atoms with E-state index in [0.717, 1.165) is 24.4 Å². The first-order valence-corrected chi connectivity index (χ1v) is 8.19. The van der Waals surface area contributed by atoms with Crippen molar-refractivity contribution in [1.29, 1.82) is 0 Å². The topological polar surface area (TPSA) is 51.4 Å². The fraction of sp³-hybridized carbons (Fsp3) is 0.250. The van der Waals surface area contributed by atoms with Gasteiger partial charge in [-0.25, -0.2) is 0 Å². The highest BCUT2D eigenvalue weighted by Gasteiger charge is 2.07. The van der Waals surface area contributed by atoms with Crippen molar-refractivity contribution in [2.45, 2.75) is 13.1 Å². The molecular formula is C20H23N3O. The van der Waals surface area contributed by atoms with Crippen LogP contribution in [-0.4, -0.2) is 30.1 Å². The number of aromatic nitrogens is 1. The molecule has 0 saturated carbocycles. The number of pyridine rings is 1. The maximum absolute atomic E-state index is 5.60. The minimum absolute atomic E-state index is 0.526. The second kappa shape index (κ2) is 7.90. The largest absolute Gasteiger partial charge is 0.492 e. The molecule has 0 atom stereocenters. The Morgan fingerprint density at radius 3 is 2.75 bits per heavy atom. The fourth-order valence-electron chi connectivity index (χ4n) is 2.86. The van der Waals surface area contributed by atoms with Gasteiger partial charge < -0.3 is 10.5 Å². The van der Waals surface area contributed by atoms with Crippen LogP contribution in [0.2, 0.25) is 0 Å². The van der Waals surface area contributed by atoms with E-state index in [2.05, 4.69) is 53.3 Å². The minimum atomic E-state index is 0.526. The molecule has 0 amide bonds. The van der Waals surface area contributed by atoms with Gasteiger partial charge in [-0.2, -0.15) is 0 Å². The number of para-hydroxylation sites is 1. The van der Waals surface area contributed by atoms with Crippen LogP contribution in [-0.2, 0) is 13.1 Å². The van der Waals surface area contributed by atoms with E-state index in [-0.39, 0.29) is 0 Å². The number of fused-ring (bicyclic) bond motifs is 1. The van der Waals surface area contributed by atoms with Gasteiger partial charge in [0.05, 0.1) is 5.52 Å². The molecular weight excluding hydrogens is 298 g/mol. The molecule has 0 fully saturated rings. The number of nitrogens with two attached hydrogens (primary N) is 1. The Morgan fingerprint density at radius 2 is 1.88 bits per heavy atom. The predicted molar refractivity (Wildman–Crippen MR) is 97.9 cm³/mol. The Balaban J connectivity index is 1.70. The van der Waals surface area contributed by atoms with E-state index in [1.807, 2.05) is 24.4 Å². The number of benzene rings is 2. The molecule has 2 N–H and O–H groups in total. The van der Waals surface area contributed by atoms with Crippen LogP contribution in [0.4, 0.5) is 0 Å². The average molecular weight is 321 g/mol. The Hall–Kier alpha value is -2.43. The van der Waals surface area contributed by atoms with Gasteiger partial charge >= 0.3 is 0 Å². The van der Waals surface area contributed by atoms with Crippen molar-refractivity contribution >= 4 is 10.9 Å². The first-order valence-electron chi connectivity index (χ1n) is 8.19. The molecule has 0 radical (unpaired) electrons. The van der Waals surface area contributed by atoms with Crippen molar-refractivity contribution < 1.29 is 4.74 Å². The van der Waals surface area contributed by atoms with Crippen LogP contribution >= 0.6 is 0 Å². The van der Waals surface area contributed by atoms with Crippen LogP contribution in [0.3, 0.4) is 0 Å². The smallest absolute Gasteiger partial charge is 0.119 e. The lowest BCUT2D eigenvalue weighted by molar-refractivity contribution is 0.314. The summed E-state index contributed by atoms with van der Waals surface area (Å²) in [5.74, 6) is 0.873. The second-order valence-electron chi connectivity index (χ2n) is 5.95. The number of hydrogen-bond acceptors (Lipinski definition) is 4. The van der Waals surface area contributed by atoms with E-state index < -0.39 is 0 Å². The van der Waals surface area contributed by atoms with Crippen molar-refractivity contribution in [1.82, 2.24) is 9.88 Å². The van der Waals surface area contributed by atoms with Gasteiger partial charge in [-0.15, -0.1) is 0 Å². The third-order valence-electron chi connectivity index (χ3n) is 3.89. The Morgan fingerprint density at radius 1 is 1.04 bits per heavy atom. The van der Waals surface area contributed by atoms with Crippen LogP contribution in [0.15, 0.2) is 60.8 Å². The Labute approximate surface area is 142 Å². The number of ether oxygens (including phenoxy) is 1. The van der Waals surface area contributed by atoms with Crippen LogP contribution < -0.4 is 10.5 Å². The summed E-state index contributed by atoms with van der Waals surface area (Å²) in [5, 5.41) is 1.18. The molecule has 4 heteroatoms. The molecule has 0 saturated heterocycles. The molecule has 124 valence electrons. The Kier molecular flexibility index (Phi) is 5.41. The molecule has 1 heterocycles. The van der Waals surface area contributed by atoms with Gasteiger partial charge in [0, 0.05) is 31.2 Å². The number of rotatable bonds is 7. The van der Waals surface area contributed by atoms with E-state index in [9.17, 15) is 0 Å². The molecule has 3 rings (SSSR count). The number of nitrogens with zero attached hydrogens (tertiary/aromatic N) is 2. The van der Waals surface area contributed by atoms with Crippen molar-refractivity contribution in [3.63, 3.8) is 0 Å².